The van der Waals surface area contributed by atoms with Crippen LogP contribution in [-0.4, -0.2) is 10.1 Å². The molecule has 3 rings (SSSR count). The standard InChI is InChI=1S/C18H16F3N3S/c1-11-8-13-9-12(2-7-16(13)23-11)10-22-17(25)24-15-5-3-14(4-6-15)18(19,20)21/h2-9,23H,10H2,1H3,(H2,22,24,25). The van der Waals surface area contributed by atoms with E-state index in [0.717, 1.165) is 34.3 Å². The van der Waals surface area contributed by atoms with Gasteiger partial charge in [0.25, 0.3) is 0 Å². The van der Waals surface area contributed by atoms with Gasteiger partial charge in [-0.15, -0.1) is 0 Å². The Labute approximate surface area is 148 Å². The number of H-pyrrole nitrogens is 1. The van der Waals surface area contributed by atoms with Crippen molar-refractivity contribution >= 4 is 33.9 Å². The van der Waals surface area contributed by atoms with E-state index in [1.807, 2.05) is 19.1 Å². The second kappa shape index (κ2) is 6.76. The summed E-state index contributed by atoms with van der Waals surface area (Å²) < 4.78 is 37.6. The number of thiocarbonyl (C=S) groups is 1. The maximum absolute atomic E-state index is 12.5. The maximum Gasteiger partial charge on any atom is 0.416 e. The third kappa shape index (κ3) is 4.30. The number of aryl methyl sites for hydroxylation is 1. The molecule has 0 aliphatic heterocycles. The highest BCUT2D eigenvalue weighted by Crippen LogP contribution is 2.29. The van der Waals surface area contributed by atoms with Crippen molar-refractivity contribution < 1.29 is 13.2 Å². The lowest BCUT2D eigenvalue weighted by molar-refractivity contribution is -0.137. The van der Waals surface area contributed by atoms with Crippen molar-refractivity contribution in [3.63, 3.8) is 0 Å². The Morgan fingerprint density at radius 3 is 2.48 bits per heavy atom. The van der Waals surface area contributed by atoms with Crippen LogP contribution in [-0.2, 0) is 12.7 Å². The summed E-state index contributed by atoms with van der Waals surface area (Å²) in [5, 5.41) is 7.41. The van der Waals surface area contributed by atoms with Crippen LogP contribution in [0.25, 0.3) is 10.9 Å². The van der Waals surface area contributed by atoms with Gasteiger partial charge in [-0.1, -0.05) is 6.07 Å². The first-order chi connectivity index (χ1) is 11.8. The van der Waals surface area contributed by atoms with E-state index < -0.39 is 11.7 Å². The van der Waals surface area contributed by atoms with E-state index in [2.05, 4.69) is 27.8 Å². The summed E-state index contributed by atoms with van der Waals surface area (Å²) in [5.41, 5.74) is 3.05. The molecule has 0 fully saturated rings. The molecule has 1 heterocycles. The molecule has 0 atom stereocenters. The van der Waals surface area contributed by atoms with Crippen molar-refractivity contribution in [1.29, 1.82) is 0 Å². The van der Waals surface area contributed by atoms with Gasteiger partial charge in [-0.05, 0) is 72.6 Å². The van der Waals surface area contributed by atoms with E-state index in [1.165, 1.54) is 12.1 Å². The maximum atomic E-state index is 12.5. The molecule has 3 nitrogen and oxygen atoms in total. The van der Waals surface area contributed by atoms with E-state index in [9.17, 15) is 13.2 Å². The smallest absolute Gasteiger partial charge is 0.359 e. The Morgan fingerprint density at radius 1 is 1.08 bits per heavy atom. The van der Waals surface area contributed by atoms with Gasteiger partial charge in [-0.25, -0.2) is 0 Å². The number of hydrogen-bond donors (Lipinski definition) is 3. The van der Waals surface area contributed by atoms with Crippen LogP contribution in [0.4, 0.5) is 18.9 Å². The van der Waals surface area contributed by atoms with Gasteiger partial charge in [0, 0.05) is 23.4 Å². The molecular formula is C18H16F3N3S. The van der Waals surface area contributed by atoms with Gasteiger partial charge in [0.15, 0.2) is 5.11 Å². The lowest BCUT2D eigenvalue weighted by Gasteiger charge is -2.12. The van der Waals surface area contributed by atoms with Crippen molar-refractivity contribution in [3.05, 3.63) is 65.4 Å². The van der Waals surface area contributed by atoms with Crippen LogP contribution in [0, 0.1) is 6.92 Å². The minimum atomic E-state index is -4.34. The van der Waals surface area contributed by atoms with Gasteiger partial charge in [-0.2, -0.15) is 13.2 Å². The van der Waals surface area contributed by atoms with Crippen LogP contribution in [0.2, 0.25) is 0 Å². The van der Waals surface area contributed by atoms with Gasteiger partial charge in [0.2, 0.25) is 0 Å². The van der Waals surface area contributed by atoms with E-state index in [1.54, 1.807) is 0 Å². The third-order valence-corrected chi connectivity index (χ3v) is 3.99. The molecule has 130 valence electrons. The van der Waals surface area contributed by atoms with Crippen LogP contribution >= 0.6 is 12.2 Å². The van der Waals surface area contributed by atoms with Crippen molar-refractivity contribution in [1.82, 2.24) is 10.3 Å². The Morgan fingerprint density at radius 2 is 1.80 bits per heavy atom. The summed E-state index contributed by atoms with van der Waals surface area (Å²) in [5.74, 6) is 0. The number of fused-ring (bicyclic) bond motifs is 1. The first-order valence-corrected chi connectivity index (χ1v) is 8.02. The number of anilines is 1. The Hall–Kier alpha value is -2.54. The highest BCUT2D eigenvalue weighted by atomic mass is 32.1. The molecule has 0 spiro atoms. The number of benzene rings is 2. The largest absolute Gasteiger partial charge is 0.416 e. The predicted molar refractivity (Wildman–Crippen MR) is 97.5 cm³/mol. The number of rotatable bonds is 3. The molecule has 0 unspecified atom stereocenters. The monoisotopic (exact) mass is 363 g/mol. The van der Waals surface area contributed by atoms with Crippen molar-refractivity contribution in [2.75, 3.05) is 5.32 Å². The van der Waals surface area contributed by atoms with Gasteiger partial charge in [-0.3, -0.25) is 0 Å². The molecule has 0 radical (unpaired) electrons. The van der Waals surface area contributed by atoms with Crippen LogP contribution < -0.4 is 10.6 Å². The summed E-state index contributed by atoms with van der Waals surface area (Å²) in [4.78, 5) is 3.26. The topological polar surface area (TPSA) is 39.8 Å². The number of halogens is 3. The fraction of sp³-hybridized carbons (Fsp3) is 0.167. The summed E-state index contributed by atoms with van der Waals surface area (Å²) in [7, 11) is 0. The van der Waals surface area contributed by atoms with E-state index in [4.69, 9.17) is 12.2 Å². The van der Waals surface area contributed by atoms with Crippen molar-refractivity contribution in [2.45, 2.75) is 19.6 Å². The molecule has 0 amide bonds. The number of aromatic amines is 1. The summed E-state index contributed by atoms with van der Waals surface area (Å²) >= 11 is 5.19. The van der Waals surface area contributed by atoms with Gasteiger partial charge < -0.3 is 15.6 Å². The zero-order chi connectivity index (χ0) is 18.0. The highest BCUT2D eigenvalue weighted by Gasteiger charge is 2.29. The minimum absolute atomic E-state index is 0.352. The zero-order valence-corrected chi connectivity index (χ0v) is 14.2. The second-order valence-electron chi connectivity index (χ2n) is 5.76. The second-order valence-corrected chi connectivity index (χ2v) is 6.16. The normalized spacial score (nSPS) is 11.5. The number of aromatic nitrogens is 1. The lowest BCUT2D eigenvalue weighted by atomic mass is 10.1. The summed E-state index contributed by atoms with van der Waals surface area (Å²) in [6, 6.07) is 12.9. The molecule has 25 heavy (non-hydrogen) atoms. The summed E-state index contributed by atoms with van der Waals surface area (Å²) in [6.07, 6.45) is -4.34. The Kier molecular flexibility index (Phi) is 4.67. The molecular weight excluding hydrogens is 347 g/mol. The van der Waals surface area contributed by atoms with Gasteiger partial charge in [0.1, 0.15) is 0 Å². The van der Waals surface area contributed by atoms with Crippen molar-refractivity contribution in [3.8, 4) is 0 Å². The molecule has 2 aromatic carbocycles. The average Bonchev–Trinajstić information content (AvgIpc) is 2.92. The highest BCUT2D eigenvalue weighted by molar-refractivity contribution is 7.80. The van der Waals surface area contributed by atoms with Crippen LogP contribution in [0.3, 0.4) is 0 Å². The minimum Gasteiger partial charge on any atom is -0.359 e. The van der Waals surface area contributed by atoms with E-state index >= 15 is 0 Å². The third-order valence-electron chi connectivity index (χ3n) is 3.74. The molecule has 0 saturated carbocycles. The first-order valence-electron chi connectivity index (χ1n) is 7.61. The molecule has 0 bridgehead atoms. The molecule has 3 aromatic rings. The van der Waals surface area contributed by atoms with E-state index in [-0.39, 0.29) is 0 Å². The molecule has 0 saturated heterocycles. The quantitative estimate of drug-likeness (QED) is 0.575. The number of alkyl halides is 3. The van der Waals surface area contributed by atoms with Crippen LogP contribution in [0.5, 0.6) is 0 Å². The van der Waals surface area contributed by atoms with Gasteiger partial charge >= 0.3 is 6.18 Å². The van der Waals surface area contributed by atoms with Gasteiger partial charge in [0.05, 0.1) is 5.56 Å². The van der Waals surface area contributed by atoms with Crippen LogP contribution in [0.1, 0.15) is 16.8 Å². The Balaban J connectivity index is 1.58. The fourth-order valence-electron chi connectivity index (χ4n) is 2.54. The zero-order valence-electron chi connectivity index (χ0n) is 13.4. The number of hydrogen-bond acceptors (Lipinski definition) is 1. The summed E-state index contributed by atoms with van der Waals surface area (Å²) in [6.45, 7) is 2.52. The van der Waals surface area contributed by atoms with E-state index in [0.29, 0.717) is 17.3 Å². The molecule has 7 heteroatoms. The lowest BCUT2D eigenvalue weighted by Crippen LogP contribution is -2.27. The SMILES string of the molecule is Cc1cc2cc(CNC(=S)Nc3ccc(C(F)(F)F)cc3)ccc2[nH]1. The molecule has 0 aliphatic rings. The average molecular weight is 363 g/mol. The predicted octanol–water partition coefficient (Wildman–Crippen LogP) is 4.98. The van der Waals surface area contributed by atoms with Crippen LogP contribution in [0.15, 0.2) is 48.5 Å². The van der Waals surface area contributed by atoms with Crippen molar-refractivity contribution in [2.24, 2.45) is 0 Å². The Bertz CT molecular complexity index is 898. The molecule has 0 aliphatic carbocycles. The fourth-order valence-corrected chi connectivity index (χ4v) is 2.73. The first kappa shape index (κ1) is 17.3. The molecule has 1 aromatic heterocycles. The number of nitrogens with one attached hydrogen (secondary N) is 3. The molecule has 3 N–H and O–H groups in total.